The van der Waals surface area contributed by atoms with E-state index in [1.54, 1.807) is 0 Å². The summed E-state index contributed by atoms with van der Waals surface area (Å²) < 4.78 is 2.30. The van der Waals surface area contributed by atoms with Gasteiger partial charge >= 0.3 is 0 Å². The van der Waals surface area contributed by atoms with Crippen LogP contribution < -0.4 is 5.32 Å². The number of nitrogens with one attached hydrogen (secondary N) is 1. The first kappa shape index (κ1) is 19.3. The fraction of sp³-hybridized carbons (Fsp3) is 0.400. The predicted octanol–water partition coefficient (Wildman–Crippen LogP) is 3.15. The van der Waals surface area contributed by atoms with Gasteiger partial charge in [0.05, 0.1) is 11.5 Å². The number of aliphatic hydroxyl groups excluding tert-OH is 1. The van der Waals surface area contributed by atoms with Crippen LogP contribution in [0.2, 0.25) is 0 Å². The van der Waals surface area contributed by atoms with Crippen LogP contribution in [0.5, 0.6) is 0 Å². The number of benzene rings is 2. The van der Waals surface area contributed by atoms with Crippen molar-refractivity contribution in [3.63, 3.8) is 0 Å². The number of carbonyl (C=O) groups excluding carboxylic acids is 1. The number of piperidine rings is 2. The first-order valence-electron chi connectivity index (χ1n) is 10.9. The Hall–Kier alpha value is -2.63. The molecule has 2 aliphatic heterocycles. The molecule has 2 N–H and O–H groups in total. The van der Waals surface area contributed by atoms with Crippen molar-refractivity contribution < 1.29 is 9.90 Å². The topological polar surface area (TPSA) is 57.5 Å². The highest BCUT2D eigenvalue weighted by Gasteiger charge is 2.49. The Morgan fingerprint density at radius 3 is 2.77 bits per heavy atom. The number of aromatic nitrogens is 1. The Morgan fingerprint density at radius 2 is 1.93 bits per heavy atom. The molecule has 1 amide bonds. The molecular weight excluding hydrogens is 374 g/mol. The highest BCUT2D eigenvalue weighted by molar-refractivity contribution is 5.84. The predicted molar refractivity (Wildman–Crippen MR) is 118 cm³/mol. The maximum atomic E-state index is 12.6. The van der Waals surface area contributed by atoms with E-state index in [4.69, 9.17) is 0 Å². The van der Waals surface area contributed by atoms with Gasteiger partial charge in [-0.2, -0.15) is 0 Å². The highest BCUT2D eigenvalue weighted by atomic mass is 16.3. The number of rotatable bonds is 4. The van der Waals surface area contributed by atoms with Crippen LogP contribution in [0.15, 0.2) is 60.8 Å². The summed E-state index contributed by atoms with van der Waals surface area (Å²) in [5, 5.41) is 14.9. The second kappa shape index (κ2) is 7.89. The molecule has 1 aromatic heterocycles. The van der Waals surface area contributed by atoms with E-state index in [1.165, 1.54) is 22.0 Å². The van der Waals surface area contributed by atoms with Crippen molar-refractivity contribution >= 4 is 16.8 Å². The molecule has 0 aliphatic carbocycles. The van der Waals surface area contributed by atoms with E-state index in [-0.39, 0.29) is 5.91 Å². The van der Waals surface area contributed by atoms with Crippen molar-refractivity contribution in [1.29, 1.82) is 0 Å². The van der Waals surface area contributed by atoms with Gasteiger partial charge in [0.15, 0.2) is 0 Å². The van der Waals surface area contributed by atoms with Gasteiger partial charge in [0, 0.05) is 44.4 Å². The fourth-order valence-corrected chi connectivity index (χ4v) is 5.17. The van der Waals surface area contributed by atoms with Crippen molar-refractivity contribution in [1.82, 2.24) is 14.8 Å². The first-order valence-corrected chi connectivity index (χ1v) is 10.9. The lowest BCUT2D eigenvalue weighted by atomic mass is 9.71. The van der Waals surface area contributed by atoms with E-state index in [2.05, 4.69) is 69.5 Å². The normalized spacial score (nSPS) is 25.0. The Labute approximate surface area is 177 Å². The molecule has 2 atom stereocenters. The number of likely N-dealkylation sites (tertiary alicyclic amines) is 1. The molecule has 0 radical (unpaired) electrons. The SMILES string of the molecule is O=C1NCCC[C@]12CN(Cc1ccc3ccn(Cc4ccccc4)c3c1)CC[C@@H]2O. The van der Waals surface area contributed by atoms with Crippen molar-refractivity contribution in [2.45, 2.75) is 38.5 Å². The summed E-state index contributed by atoms with van der Waals surface area (Å²) in [7, 11) is 0. The van der Waals surface area contributed by atoms with Gasteiger partial charge in [-0.25, -0.2) is 0 Å². The summed E-state index contributed by atoms with van der Waals surface area (Å²) in [5.41, 5.74) is 3.13. The van der Waals surface area contributed by atoms with Crippen LogP contribution in [0.4, 0.5) is 0 Å². The third-order valence-corrected chi connectivity index (χ3v) is 6.84. The summed E-state index contributed by atoms with van der Waals surface area (Å²) in [6.07, 6.45) is 3.98. The highest BCUT2D eigenvalue weighted by Crippen LogP contribution is 2.37. The van der Waals surface area contributed by atoms with E-state index in [0.717, 1.165) is 39.0 Å². The van der Waals surface area contributed by atoms with Crippen molar-refractivity contribution in [2.75, 3.05) is 19.6 Å². The van der Waals surface area contributed by atoms with Crippen LogP contribution in [-0.4, -0.2) is 46.2 Å². The monoisotopic (exact) mass is 403 g/mol. The summed E-state index contributed by atoms with van der Waals surface area (Å²) in [6, 6.07) is 19.3. The number of hydrogen-bond donors (Lipinski definition) is 2. The molecule has 2 saturated heterocycles. The molecule has 2 fully saturated rings. The average Bonchev–Trinajstić information content (AvgIpc) is 3.15. The van der Waals surface area contributed by atoms with Crippen molar-refractivity contribution in [2.24, 2.45) is 5.41 Å². The van der Waals surface area contributed by atoms with E-state index >= 15 is 0 Å². The zero-order valence-electron chi connectivity index (χ0n) is 17.3. The van der Waals surface area contributed by atoms with E-state index in [9.17, 15) is 9.90 Å². The second-order valence-electron chi connectivity index (χ2n) is 8.85. The molecule has 1 spiro atoms. The zero-order chi connectivity index (χ0) is 20.6. The smallest absolute Gasteiger partial charge is 0.230 e. The van der Waals surface area contributed by atoms with Crippen LogP contribution in [-0.2, 0) is 17.9 Å². The Balaban J connectivity index is 1.36. The van der Waals surface area contributed by atoms with Crippen molar-refractivity contribution in [3.05, 3.63) is 71.9 Å². The molecule has 2 aliphatic rings. The maximum absolute atomic E-state index is 12.6. The minimum atomic E-state index is -0.645. The molecule has 156 valence electrons. The van der Waals surface area contributed by atoms with Gasteiger partial charge < -0.3 is 15.0 Å². The minimum Gasteiger partial charge on any atom is -0.392 e. The van der Waals surface area contributed by atoms with Gasteiger partial charge in [-0.1, -0.05) is 42.5 Å². The third kappa shape index (κ3) is 3.53. The lowest BCUT2D eigenvalue weighted by molar-refractivity contribution is -0.149. The maximum Gasteiger partial charge on any atom is 0.230 e. The first-order chi connectivity index (χ1) is 14.6. The lowest BCUT2D eigenvalue weighted by Crippen LogP contribution is -2.61. The van der Waals surface area contributed by atoms with Crippen LogP contribution in [0.3, 0.4) is 0 Å². The molecule has 2 aromatic carbocycles. The molecule has 3 heterocycles. The lowest BCUT2D eigenvalue weighted by Gasteiger charge is -2.47. The van der Waals surface area contributed by atoms with Crippen LogP contribution in [0, 0.1) is 5.41 Å². The third-order valence-electron chi connectivity index (χ3n) is 6.84. The van der Waals surface area contributed by atoms with Gasteiger partial charge in [0.1, 0.15) is 0 Å². The van der Waals surface area contributed by atoms with Crippen LogP contribution >= 0.6 is 0 Å². The molecule has 3 aromatic rings. The molecule has 5 heteroatoms. The standard InChI is InChI=1S/C25H29N3O2/c29-23-10-13-27(18-25(23)11-4-12-26-24(25)30)16-20-7-8-21-9-14-28(22(21)15-20)17-19-5-2-1-3-6-19/h1-3,5-9,14-15,23,29H,4,10-13,16-18H2,(H,26,30)/t23-,25+/m0/s1. The van der Waals surface area contributed by atoms with E-state index in [0.29, 0.717) is 13.0 Å². The molecule has 0 bridgehead atoms. The fourth-order valence-electron chi connectivity index (χ4n) is 5.17. The summed E-state index contributed by atoms with van der Waals surface area (Å²) in [4.78, 5) is 15.0. The van der Waals surface area contributed by atoms with Crippen LogP contribution in [0.1, 0.15) is 30.4 Å². The quantitative estimate of drug-likeness (QED) is 0.704. The van der Waals surface area contributed by atoms with Crippen molar-refractivity contribution in [3.8, 4) is 0 Å². The van der Waals surface area contributed by atoms with Gasteiger partial charge in [0.25, 0.3) is 0 Å². The van der Waals surface area contributed by atoms with Gasteiger partial charge in [-0.05, 0) is 47.9 Å². The Kier molecular flexibility index (Phi) is 5.09. The van der Waals surface area contributed by atoms with Gasteiger partial charge in [-0.15, -0.1) is 0 Å². The Morgan fingerprint density at radius 1 is 1.07 bits per heavy atom. The molecule has 0 unspecified atom stereocenters. The number of amides is 1. The zero-order valence-corrected chi connectivity index (χ0v) is 17.3. The number of hydrogen-bond acceptors (Lipinski definition) is 3. The van der Waals surface area contributed by atoms with E-state index in [1.807, 2.05) is 6.07 Å². The molecule has 5 rings (SSSR count). The largest absolute Gasteiger partial charge is 0.392 e. The number of fused-ring (bicyclic) bond motifs is 1. The number of nitrogens with zero attached hydrogens (tertiary/aromatic N) is 2. The molecule has 0 saturated carbocycles. The minimum absolute atomic E-state index is 0.0261. The average molecular weight is 404 g/mol. The summed E-state index contributed by atoms with van der Waals surface area (Å²) >= 11 is 0. The summed E-state index contributed by atoms with van der Waals surface area (Å²) in [6.45, 7) is 3.83. The van der Waals surface area contributed by atoms with Gasteiger partial charge in [-0.3, -0.25) is 9.69 Å². The molecule has 30 heavy (non-hydrogen) atoms. The van der Waals surface area contributed by atoms with Gasteiger partial charge in [0.2, 0.25) is 5.91 Å². The summed E-state index contributed by atoms with van der Waals surface area (Å²) in [5.74, 6) is 0.0261. The number of carbonyl (C=O) groups is 1. The molecular formula is C25H29N3O2. The number of aliphatic hydroxyl groups is 1. The van der Waals surface area contributed by atoms with E-state index < -0.39 is 11.5 Å². The Bertz CT molecular complexity index is 1040. The molecule has 5 nitrogen and oxygen atoms in total. The second-order valence-corrected chi connectivity index (χ2v) is 8.85. The van der Waals surface area contributed by atoms with Crippen LogP contribution in [0.25, 0.3) is 10.9 Å².